The van der Waals surface area contributed by atoms with E-state index in [9.17, 15) is 4.79 Å². The summed E-state index contributed by atoms with van der Waals surface area (Å²) in [4.78, 5) is 18.9. The van der Waals surface area contributed by atoms with Gasteiger partial charge in [0.15, 0.2) is 0 Å². The van der Waals surface area contributed by atoms with Gasteiger partial charge in [-0.1, -0.05) is 0 Å². The first kappa shape index (κ1) is 19.9. The molecule has 2 saturated heterocycles. The summed E-state index contributed by atoms with van der Waals surface area (Å²) < 4.78 is 0. The summed E-state index contributed by atoms with van der Waals surface area (Å²) in [5.74, 6) is 0.322. The summed E-state index contributed by atoms with van der Waals surface area (Å²) >= 11 is 0. The van der Waals surface area contributed by atoms with Gasteiger partial charge in [0.25, 0.3) is 0 Å². The van der Waals surface area contributed by atoms with Gasteiger partial charge in [-0.2, -0.15) is 0 Å². The van der Waals surface area contributed by atoms with Crippen molar-refractivity contribution in [1.29, 1.82) is 0 Å². The second-order valence-electron chi connectivity index (χ2n) is 5.53. The van der Waals surface area contributed by atoms with E-state index in [0.717, 1.165) is 52.4 Å². The molecule has 0 bridgehead atoms. The molecule has 0 aliphatic carbocycles. The van der Waals surface area contributed by atoms with Gasteiger partial charge in [-0.05, 0) is 14.0 Å². The number of carbonyl (C=O) groups excluding carboxylic acids is 1. The second kappa shape index (κ2) is 9.79. The second-order valence-corrected chi connectivity index (χ2v) is 5.53. The number of rotatable bonds is 3. The van der Waals surface area contributed by atoms with Crippen molar-refractivity contribution in [2.75, 3.05) is 59.4 Å². The van der Waals surface area contributed by atoms with Gasteiger partial charge < -0.3 is 15.1 Å². The van der Waals surface area contributed by atoms with Crippen molar-refractivity contribution < 1.29 is 4.79 Å². The highest BCUT2D eigenvalue weighted by Gasteiger charge is 2.23. The van der Waals surface area contributed by atoms with Crippen LogP contribution >= 0.6 is 24.8 Å². The van der Waals surface area contributed by atoms with Gasteiger partial charge in [0, 0.05) is 64.8 Å². The Morgan fingerprint density at radius 2 is 1.80 bits per heavy atom. The van der Waals surface area contributed by atoms with Crippen LogP contribution < -0.4 is 5.32 Å². The number of halogens is 2. The van der Waals surface area contributed by atoms with E-state index in [1.807, 2.05) is 4.90 Å². The lowest BCUT2D eigenvalue weighted by molar-refractivity contribution is -0.132. The number of likely N-dealkylation sites (N-methyl/N-ethyl adjacent to an activating group) is 1. The van der Waals surface area contributed by atoms with Crippen LogP contribution in [0.25, 0.3) is 0 Å². The number of hydrogen-bond acceptors (Lipinski definition) is 4. The van der Waals surface area contributed by atoms with Gasteiger partial charge in [-0.25, -0.2) is 0 Å². The van der Waals surface area contributed by atoms with E-state index in [0.29, 0.717) is 18.4 Å². The Kier molecular flexibility index (Phi) is 9.76. The van der Waals surface area contributed by atoms with Crippen molar-refractivity contribution in [3.63, 3.8) is 0 Å². The molecule has 0 saturated carbocycles. The molecule has 2 heterocycles. The monoisotopic (exact) mass is 326 g/mol. The van der Waals surface area contributed by atoms with Crippen LogP contribution in [-0.4, -0.2) is 86.1 Å². The van der Waals surface area contributed by atoms with Gasteiger partial charge >= 0.3 is 0 Å². The summed E-state index contributed by atoms with van der Waals surface area (Å²) in [5.41, 5.74) is 0. The number of hydrogen-bond donors (Lipinski definition) is 1. The molecule has 1 N–H and O–H groups in total. The van der Waals surface area contributed by atoms with E-state index in [1.54, 1.807) is 0 Å². The molecule has 5 nitrogen and oxygen atoms in total. The minimum Gasteiger partial charge on any atom is -0.340 e. The smallest absolute Gasteiger partial charge is 0.223 e. The highest BCUT2D eigenvalue weighted by molar-refractivity contribution is 5.85. The molecule has 7 heteroatoms. The number of carbonyl (C=O) groups is 1. The van der Waals surface area contributed by atoms with Crippen molar-refractivity contribution in [2.24, 2.45) is 0 Å². The molecular formula is C13H28Cl2N4O. The van der Waals surface area contributed by atoms with E-state index in [4.69, 9.17) is 0 Å². The molecule has 20 heavy (non-hydrogen) atoms. The lowest BCUT2D eigenvalue weighted by Crippen LogP contribution is -2.52. The molecule has 1 unspecified atom stereocenters. The summed E-state index contributed by atoms with van der Waals surface area (Å²) in [6.45, 7) is 10.1. The number of amides is 1. The van der Waals surface area contributed by atoms with Crippen LogP contribution in [0, 0.1) is 0 Å². The Morgan fingerprint density at radius 1 is 1.15 bits per heavy atom. The van der Waals surface area contributed by atoms with Gasteiger partial charge in [0.1, 0.15) is 0 Å². The van der Waals surface area contributed by atoms with Crippen LogP contribution in [0.4, 0.5) is 0 Å². The summed E-state index contributed by atoms with van der Waals surface area (Å²) in [7, 11) is 2.17. The lowest BCUT2D eigenvalue weighted by Gasteiger charge is -2.38. The maximum atomic E-state index is 12.1. The van der Waals surface area contributed by atoms with Crippen LogP contribution in [0.15, 0.2) is 0 Å². The van der Waals surface area contributed by atoms with Gasteiger partial charge in [0.2, 0.25) is 5.91 Å². The fourth-order valence-electron chi connectivity index (χ4n) is 2.82. The molecule has 0 aromatic heterocycles. The molecule has 2 fully saturated rings. The molecule has 0 aromatic carbocycles. The zero-order chi connectivity index (χ0) is 13.0. The highest BCUT2D eigenvalue weighted by atomic mass is 35.5. The predicted octanol–water partition coefficient (Wildman–Crippen LogP) is 0.288. The van der Waals surface area contributed by atoms with Gasteiger partial charge in [0.05, 0.1) is 0 Å². The third-order valence-corrected chi connectivity index (χ3v) is 4.05. The van der Waals surface area contributed by atoms with E-state index < -0.39 is 0 Å². The molecule has 0 radical (unpaired) electrons. The normalized spacial score (nSPS) is 24.7. The summed E-state index contributed by atoms with van der Waals surface area (Å²) in [5, 5.41) is 3.28. The van der Waals surface area contributed by atoms with Crippen molar-refractivity contribution in [1.82, 2.24) is 20.0 Å². The number of nitrogens with one attached hydrogen (secondary N) is 1. The van der Waals surface area contributed by atoms with Crippen LogP contribution in [0.1, 0.15) is 13.3 Å². The predicted molar refractivity (Wildman–Crippen MR) is 87.1 cm³/mol. The SMILES string of the molecule is CC1CN(C)CCN1CCC(=O)N1CCNCC1.Cl.Cl. The molecule has 120 valence electrons. The summed E-state index contributed by atoms with van der Waals surface area (Å²) in [6, 6.07) is 0.569. The number of nitrogens with zero attached hydrogens (tertiary/aromatic N) is 3. The van der Waals surface area contributed by atoms with E-state index in [-0.39, 0.29) is 24.8 Å². The fourth-order valence-corrected chi connectivity index (χ4v) is 2.82. The van der Waals surface area contributed by atoms with Crippen LogP contribution in [0.2, 0.25) is 0 Å². The topological polar surface area (TPSA) is 38.8 Å². The quantitative estimate of drug-likeness (QED) is 0.809. The van der Waals surface area contributed by atoms with E-state index in [2.05, 4.69) is 29.1 Å². The Bertz CT molecular complexity index is 288. The Morgan fingerprint density at radius 3 is 2.40 bits per heavy atom. The van der Waals surface area contributed by atoms with Crippen molar-refractivity contribution in [3.05, 3.63) is 0 Å². The lowest BCUT2D eigenvalue weighted by atomic mass is 10.2. The Labute approximate surface area is 134 Å². The summed E-state index contributed by atoms with van der Waals surface area (Å²) in [6.07, 6.45) is 0.675. The van der Waals surface area contributed by atoms with E-state index >= 15 is 0 Å². The molecule has 2 rings (SSSR count). The average Bonchev–Trinajstić information content (AvgIpc) is 2.38. The molecule has 1 atom stereocenters. The molecular weight excluding hydrogens is 299 g/mol. The first-order chi connectivity index (χ1) is 8.66. The fraction of sp³-hybridized carbons (Fsp3) is 0.923. The van der Waals surface area contributed by atoms with Crippen molar-refractivity contribution in [2.45, 2.75) is 19.4 Å². The third-order valence-electron chi connectivity index (χ3n) is 4.05. The van der Waals surface area contributed by atoms with Crippen molar-refractivity contribution >= 4 is 30.7 Å². The minimum absolute atomic E-state index is 0. The Hall–Kier alpha value is -0.0700. The number of piperazine rings is 2. The molecule has 2 aliphatic heterocycles. The molecule has 2 aliphatic rings. The minimum atomic E-state index is 0. The first-order valence-electron chi connectivity index (χ1n) is 7.08. The van der Waals surface area contributed by atoms with Gasteiger partial charge in [-0.3, -0.25) is 9.69 Å². The largest absolute Gasteiger partial charge is 0.340 e. The standard InChI is InChI=1S/C13H26N4O.2ClH/c1-12-11-15(2)9-10-16(12)6-3-13(18)17-7-4-14-5-8-17;;/h12,14H,3-11H2,1-2H3;2*1H. The van der Waals surface area contributed by atoms with Gasteiger partial charge in [-0.15, -0.1) is 24.8 Å². The zero-order valence-electron chi connectivity index (χ0n) is 12.5. The highest BCUT2D eigenvalue weighted by Crippen LogP contribution is 2.09. The third kappa shape index (κ3) is 5.74. The Balaban J connectivity index is 0.00000180. The molecule has 1 amide bonds. The van der Waals surface area contributed by atoms with E-state index in [1.165, 1.54) is 0 Å². The van der Waals surface area contributed by atoms with Crippen LogP contribution in [0.3, 0.4) is 0 Å². The molecule has 0 spiro atoms. The first-order valence-corrected chi connectivity index (χ1v) is 7.08. The molecule has 0 aromatic rings. The maximum Gasteiger partial charge on any atom is 0.223 e. The maximum absolute atomic E-state index is 12.1. The van der Waals surface area contributed by atoms with Crippen molar-refractivity contribution in [3.8, 4) is 0 Å². The van der Waals surface area contributed by atoms with Crippen LogP contribution in [0.5, 0.6) is 0 Å². The zero-order valence-corrected chi connectivity index (χ0v) is 14.1. The van der Waals surface area contributed by atoms with Crippen LogP contribution in [-0.2, 0) is 4.79 Å². The average molecular weight is 327 g/mol.